The Bertz CT molecular complexity index is 2900. The maximum absolute atomic E-state index is 11.4. The Kier molecular flexibility index (Phi) is 41.2. The van der Waals surface area contributed by atoms with Crippen molar-refractivity contribution in [3.63, 3.8) is 0 Å². The van der Waals surface area contributed by atoms with Gasteiger partial charge in [0.05, 0.1) is 46.0 Å². The number of amidine groups is 1. The van der Waals surface area contributed by atoms with E-state index in [2.05, 4.69) is 153 Å². The van der Waals surface area contributed by atoms with Crippen LogP contribution in [0, 0.1) is 16.7 Å². The van der Waals surface area contributed by atoms with Gasteiger partial charge in [0.25, 0.3) is 0 Å². The van der Waals surface area contributed by atoms with E-state index in [1.54, 1.807) is 6.26 Å². The first-order valence-corrected chi connectivity index (χ1v) is 31.9. The van der Waals surface area contributed by atoms with Gasteiger partial charge < -0.3 is 79.5 Å². The van der Waals surface area contributed by atoms with Crippen molar-refractivity contribution in [3.8, 4) is 0 Å². The Hall–Kier alpha value is -8.30. The number of guanidine groups is 1. The van der Waals surface area contributed by atoms with Crippen molar-refractivity contribution in [2.75, 3.05) is 178 Å². The van der Waals surface area contributed by atoms with Crippen molar-refractivity contribution >= 4 is 64.9 Å². The van der Waals surface area contributed by atoms with E-state index in [-0.39, 0.29) is 23.5 Å². The van der Waals surface area contributed by atoms with E-state index >= 15 is 0 Å². The molecule has 5 aromatic rings. The molecule has 29 nitrogen and oxygen atoms in total. The number of carbonyl (C=O) groups is 5. The van der Waals surface area contributed by atoms with Crippen molar-refractivity contribution < 1.29 is 61.9 Å². The summed E-state index contributed by atoms with van der Waals surface area (Å²) in [6, 6.07) is 31.7. The molecule has 4 aliphatic heterocycles. The highest BCUT2D eigenvalue weighted by molar-refractivity contribution is 8.13. The molecule has 2 aromatic heterocycles. The smallest absolute Gasteiger partial charge is 0.341 e. The van der Waals surface area contributed by atoms with Crippen LogP contribution in [0.3, 0.4) is 0 Å². The van der Waals surface area contributed by atoms with Gasteiger partial charge in [0.15, 0.2) is 29.6 Å². The van der Waals surface area contributed by atoms with E-state index in [4.69, 9.17) is 41.2 Å². The highest BCUT2D eigenvalue weighted by Crippen LogP contribution is 2.15. The Balaban J connectivity index is 0.000000299. The second kappa shape index (κ2) is 48.4. The predicted octanol–water partition coefficient (Wildman–Crippen LogP) is 3.05. The molecule has 0 amide bonds. The molecule has 6 heterocycles. The second-order valence-electron chi connectivity index (χ2n) is 20.9. The van der Waals surface area contributed by atoms with Crippen LogP contribution in [0.1, 0.15) is 43.8 Å². The van der Waals surface area contributed by atoms with Gasteiger partial charge in [0.1, 0.15) is 6.29 Å². The van der Waals surface area contributed by atoms with Crippen LogP contribution in [0.2, 0.25) is 0 Å². The molecule has 3 aromatic carbocycles. The van der Waals surface area contributed by atoms with E-state index in [1.165, 1.54) is 123 Å². The Labute approximate surface area is 562 Å². The van der Waals surface area contributed by atoms with Gasteiger partial charge in [-0.15, -0.1) is 0 Å². The fraction of sp³-hybridized carbons (Fsp3) is 0.492. The van der Waals surface area contributed by atoms with E-state index < -0.39 is 36.4 Å². The summed E-state index contributed by atoms with van der Waals surface area (Å²) in [4.78, 5) is 84.7. The van der Waals surface area contributed by atoms with Crippen LogP contribution >= 0.6 is 11.8 Å². The van der Waals surface area contributed by atoms with Gasteiger partial charge in [0, 0.05) is 178 Å². The second-order valence-corrected chi connectivity index (χ2v) is 21.8. The number of nitrogens with one attached hydrogen (secondary N) is 4. The number of benzene rings is 3. The number of nitrogens with zero attached hydrogens (tertiary/aromatic N) is 10. The number of anilines is 2. The van der Waals surface area contributed by atoms with Gasteiger partial charge in [-0.05, 0) is 22.9 Å². The zero-order valence-corrected chi connectivity index (χ0v) is 57.1. The van der Waals surface area contributed by atoms with Crippen molar-refractivity contribution in [1.82, 2.24) is 50.2 Å². The first kappa shape index (κ1) is 80.9. The van der Waals surface area contributed by atoms with E-state index in [0.29, 0.717) is 29.3 Å². The van der Waals surface area contributed by atoms with E-state index in [9.17, 15) is 24.0 Å². The number of ether oxygens (including phenoxy) is 8. The molecule has 4 aliphatic rings. The normalized spacial score (nSPS) is 15.0. The number of hydrogen-bond donors (Lipinski definition) is 6. The third kappa shape index (κ3) is 32.6. The average molecular weight is 1340 g/mol. The van der Waals surface area contributed by atoms with E-state index in [1.807, 2.05) is 17.0 Å². The number of carbonyl (C=O) groups excluding carboxylic acids is 5. The fourth-order valence-corrected chi connectivity index (χ4v) is 9.17. The molecule has 95 heavy (non-hydrogen) atoms. The SMILES string of the molecule is COC(=O)C(C=O)C(OC)OC.COC(=O)CC(OC)OC.COC(=O)c1cnc(N2CCN(Cc3ccccc3)CC2)nc1.COC(=O)c1cnc(N2CCNCC2)nc1.CSC(=N)N.N=C(N)N1CCN(Cc2ccccc2)CC1.c1ccc(CN2CCNCC2)cc1. The largest absolute Gasteiger partial charge is 0.469 e. The van der Waals surface area contributed by atoms with Gasteiger partial charge in [-0.2, -0.15) is 0 Å². The molecule has 1 unspecified atom stereocenters. The first-order chi connectivity index (χ1) is 46.0. The molecule has 0 spiro atoms. The van der Waals surface area contributed by atoms with E-state index in [0.717, 1.165) is 111 Å². The van der Waals surface area contributed by atoms with Crippen LogP contribution in [0.15, 0.2) is 116 Å². The lowest BCUT2D eigenvalue weighted by Crippen LogP contribution is -2.50. The maximum atomic E-state index is 11.4. The Morgan fingerprint density at radius 1 is 0.516 bits per heavy atom. The van der Waals surface area contributed by atoms with Gasteiger partial charge in [-0.25, -0.2) is 29.5 Å². The Morgan fingerprint density at radius 2 is 0.874 bits per heavy atom. The zero-order chi connectivity index (χ0) is 69.6. The lowest BCUT2D eigenvalue weighted by Gasteiger charge is -2.34. The molecule has 0 saturated carbocycles. The summed E-state index contributed by atoms with van der Waals surface area (Å²) >= 11 is 1.24. The van der Waals surface area contributed by atoms with Gasteiger partial charge >= 0.3 is 23.9 Å². The molecule has 522 valence electrons. The average Bonchev–Trinajstić information content (AvgIpc) is 1.01. The summed E-state index contributed by atoms with van der Waals surface area (Å²) in [6.07, 6.45) is 6.99. The van der Waals surface area contributed by atoms with Gasteiger partial charge in [-0.3, -0.25) is 35.1 Å². The number of piperazine rings is 4. The summed E-state index contributed by atoms with van der Waals surface area (Å²) < 4.78 is 36.9. The minimum absolute atomic E-state index is 0.128. The predicted molar refractivity (Wildman–Crippen MR) is 365 cm³/mol. The minimum atomic E-state index is -1.02. The number of aldehydes is 1. The lowest BCUT2D eigenvalue weighted by atomic mass is 10.1. The van der Waals surface area contributed by atoms with Crippen molar-refractivity contribution in [3.05, 3.63) is 144 Å². The molecular formula is C65H98N16O13S. The summed E-state index contributed by atoms with van der Waals surface area (Å²) in [5.74, 6) is -1.33. The quantitative estimate of drug-likeness (QED) is 0.0132. The molecule has 0 aliphatic carbocycles. The van der Waals surface area contributed by atoms with Crippen LogP contribution in [0.25, 0.3) is 0 Å². The standard InChI is InChI=1S/C17H20N4O2.C12H18N4.C11H16N2.C10H14N4O2.C7H12O5.C6H12O4.C2H6N2S/c1-23-16(22)15-11-18-17(19-12-15)21-9-7-20(8-10-21)13-14-5-3-2-4-6-14;13-12(14)16-8-6-15(7-9-16)10-11-4-2-1-3-5-11;1-2-4-11(5-3-1)10-13-8-6-12-7-9-13;1-16-9(15)8-6-12-10(13-7-8)14-4-2-11-3-5-14;1-10-6(9)5(4-8)7(11-2)12-3;1-8-5(7)4-6(9-2)10-3;1-5-2(3)4/h2-6,11-12H,7-10,13H2,1H3;1-5H,6-10H2,(H3,13,14);1-5,12H,6-10H2;6-7,11H,2-5H2,1H3;4-5,7H,1-3H3;6H,4H2,1-3H3;1H3,(H3,3,4). The third-order valence-electron chi connectivity index (χ3n) is 14.5. The van der Waals surface area contributed by atoms with Crippen LogP contribution in [0.4, 0.5) is 11.9 Å². The number of rotatable bonds is 19. The topological polar surface area (TPSA) is 354 Å². The molecular weight excluding hydrogens is 1240 g/mol. The molecule has 8 N–H and O–H groups in total. The zero-order valence-electron chi connectivity index (χ0n) is 56.3. The lowest BCUT2D eigenvalue weighted by molar-refractivity contribution is -0.174. The Morgan fingerprint density at radius 3 is 1.19 bits per heavy atom. The molecule has 4 fully saturated rings. The number of aromatic nitrogens is 4. The van der Waals surface area contributed by atoms with Crippen LogP contribution in [-0.4, -0.2) is 261 Å². The molecule has 0 bridgehead atoms. The van der Waals surface area contributed by atoms with Crippen molar-refractivity contribution in [2.24, 2.45) is 17.4 Å². The summed E-state index contributed by atoms with van der Waals surface area (Å²) in [5, 5.41) is 20.6. The van der Waals surface area contributed by atoms with Crippen molar-refractivity contribution in [1.29, 1.82) is 10.8 Å². The third-order valence-corrected chi connectivity index (χ3v) is 15.0. The maximum Gasteiger partial charge on any atom is 0.341 e. The van der Waals surface area contributed by atoms with Crippen molar-refractivity contribution in [2.45, 2.75) is 38.6 Å². The highest BCUT2D eigenvalue weighted by atomic mass is 32.2. The number of hydrogen-bond acceptors (Lipinski definition) is 27. The van der Waals surface area contributed by atoms with Crippen LogP contribution in [-0.2, 0) is 71.9 Å². The summed E-state index contributed by atoms with van der Waals surface area (Å²) in [7, 11) is 10.8. The highest BCUT2D eigenvalue weighted by Gasteiger charge is 2.29. The van der Waals surface area contributed by atoms with Crippen LogP contribution in [0.5, 0.6) is 0 Å². The molecule has 0 radical (unpaired) electrons. The van der Waals surface area contributed by atoms with Gasteiger partial charge in [0.2, 0.25) is 11.9 Å². The summed E-state index contributed by atoms with van der Waals surface area (Å²) in [6.45, 7) is 18.7. The minimum Gasteiger partial charge on any atom is -0.469 e. The summed E-state index contributed by atoms with van der Waals surface area (Å²) in [5.41, 5.74) is 15.1. The molecule has 30 heteroatoms. The first-order valence-electron chi connectivity index (χ1n) is 30.7. The molecule has 4 saturated heterocycles. The number of thioether (sulfide) groups is 1. The molecule has 9 rings (SSSR count). The number of nitrogens with two attached hydrogens (primary N) is 2. The molecule has 1 atom stereocenters. The van der Waals surface area contributed by atoms with Crippen LogP contribution < -0.4 is 31.9 Å². The fourth-order valence-electron chi connectivity index (χ4n) is 9.17. The number of methoxy groups -OCH3 is 8. The van der Waals surface area contributed by atoms with Gasteiger partial charge in [-0.1, -0.05) is 103 Å². The monoisotopic (exact) mass is 1340 g/mol. The number of esters is 4.